The molecule has 1 fully saturated rings. The smallest absolute Gasteiger partial charge is 0.238 e. The van der Waals surface area contributed by atoms with E-state index in [0.29, 0.717) is 13.2 Å². The molecule has 1 aromatic carbocycles. The molecule has 0 spiro atoms. The highest BCUT2D eigenvalue weighted by Crippen LogP contribution is 2.18. The molecule has 1 aliphatic rings. The largest absolute Gasteiger partial charge is 0.325 e. The first-order chi connectivity index (χ1) is 13.0. The van der Waals surface area contributed by atoms with Crippen molar-refractivity contribution in [1.29, 1.82) is 0 Å². The van der Waals surface area contributed by atoms with E-state index in [1.54, 1.807) is 6.33 Å². The second-order valence-electron chi connectivity index (χ2n) is 7.03. The lowest BCUT2D eigenvalue weighted by molar-refractivity contribution is -0.117. The lowest BCUT2D eigenvalue weighted by atomic mass is 10.1. The fourth-order valence-corrected chi connectivity index (χ4v) is 3.52. The van der Waals surface area contributed by atoms with Crippen molar-refractivity contribution in [3.8, 4) is 0 Å². The van der Waals surface area contributed by atoms with Gasteiger partial charge in [-0.2, -0.15) is 5.10 Å². The Labute approximate surface area is 165 Å². The van der Waals surface area contributed by atoms with E-state index in [4.69, 9.17) is 12.2 Å². The molecule has 2 heterocycles. The van der Waals surface area contributed by atoms with E-state index in [-0.39, 0.29) is 5.91 Å². The minimum Gasteiger partial charge on any atom is -0.325 e. The Morgan fingerprint density at radius 1 is 1.19 bits per heavy atom. The Bertz CT molecular complexity index is 850. The van der Waals surface area contributed by atoms with Gasteiger partial charge in [0.1, 0.15) is 6.33 Å². The van der Waals surface area contributed by atoms with E-state index in [0.717, 1.165) is 48.7 Å². The number of benzene rings is 1. The van der Waals surface area contributed by atoms with E-state index < -0.39 is 0 Å². The number of carbonyl (C=O) groups is 1. The molecular weight excluding hydrogens is 360 g/mol. The first-order valence-corrected chi connectivity index (χ1v) is 9.81. The van der Waals surface area contributed by atoms with Crippen LogP contribution in [-0.4, -0.2) is 62.8 Å². The molecule has 1 aromatic heterocycles. The quantitative estimate of drug-likeness (QED) is 0.770. The summed E-state index contributed by atoms with van der Waals surface area (Å²) in [5.74, 6) is 0.0426. The van der Waals surface area contributed by atoms with Crippen molar-refractivity contribution >= 4 is 23.8 Å². The Morgan fingerprint density at radius 2 is 1.89 bits per heavy atom. The molecule has 1 amide bonds. The van der Waals surface area contributed by atoms with Gasteiger partial charge in [0.15, 0.2) is 4.77 Å². The average Bonchev–Trinajstić information content (AvgIpc) is 3.00. The average molecular weight is 389 g/mol. The van der Waals surface area contributed by atoms with Gasteiger partial charge in [-0.1, -0.05) is 12.1 Å². The molecule has 1 saturated heterocycles. The van der Waals surface area contributed by atoms with Gasteiger partial charge in [-0.05, 0) is 50.2 Å². The van der Waals surface area contributed by atoms with Crippen LogP contribution in [0.15, 0.2) is 24.5 Å². The monoisotopic (exact) mass is 388 g/mol. The van der Waals surface area contributed by atoms with Crippen LogP contribution < -0.4 is 5.32 Å². The van der Waals surface area contributed by atoms with Gasteiger partial charge in [0, 0.05) is 38.4 Å². The topological polar surface area (TPSA) is 58.3 Å². The summed E-state index contributed by atoms with van der Waals surface area (Å²) in [4.78, 5) is 16.9. The second kappa shape index (κ2) is 8.77. The maximum Gasteiger partial charge on any atom is 0.238 e. The van der Waals surface area contributed by atoms with Gasteiger partial charge >= 0.3 is 0 Å². The van der Waals surface area contributed by atoms with Crippen LogP contribution in [0.5, 0.6) is 0 Å². The first-order valence-electron chi connectivity index (χ1n) is 9.41. The van der Waals surface area contributed by atoms with Gasteiger partial charge in [-0.25, -0.2) is 4.68 Å². The molecule has 1 N–H and O–H groups in total. The maximum atomic E-state index is 12.4. The van der Waals surface area contributed by atoms with Crippen molar-refractivity contribution in [2.75, 3.05) is 38.0 Å². The zero-order valence-corrected chi connectivity index (χ0v) is 17.1. The predicted octanol–water partition coefficient (Wildman–Crippen LogP) is 2.26. The van der Waals surface area contributed by atoms with Crippen molar-refractivity contribution in [2.45, 2.75) is 34.0 Å². The summed E-state index contributed by atoms with van der Waals surface area (Å²) in [6, 6.07) is 5.99. The Balaban J connectivity index is 1.47. The lowest BCUT2D eigenvalue weighted by Gasteiger charge is -2.34. The second-order valence-corrected chi connectivity index (χ2v) is 7.40. The number of amides is 1. The number of aryl methyl sites for hydroxylation is 2. The fourth-order valence-electron chi connectivity index (χ4n) is 3.24. The van der Waals surface area contributed by atoms with Crippen molar-refractivity contribution < 1.29 is 4.79 Å². The molecule has 27 heavy (non-hydrogen) atoms. The van der Waals surface area contributed by atoms with Crippen LogP contribution in [0.1, 0.15) is 18.1 Å². The van der Waals surface area contributed by atoms with Crippen molar-refractivity contribution in [3.63, 3.8) is 0 Å². The van der Waals surface area contributed by atoms with Crippen LogP contribution >= 0.6 is 12.2 Å². The minimum atomic E-state index is 0.0426. The molecule has 0 radical (unpaired) electrons. The van der Waals surface area contributed by atoms with Gasteiger partial charge in [0.2, 0.25) is 5.91 Å². The van der Waals surface area contributed by atoms with E-state index in [1.807, 2.05) is 28.3 Å². The minimum absolute atomic E-state index is 0.0426. The lowest BCUT2D eigenvalue weighted by Crippen LogP contribution is -2.49. The molecule has 1 aliphatic heterocycles. The van der Waals surface area contributed by atoms with E-state index in [2.05, 4.69) is 40.1 Å². The zero-order valence-electron chi connectivity index (χ0n) is 16.3. The number of nitrogens with zero attached hydrogens (tertiary/aromatic N) is 5. The highest BCUT2D eigenvalue weighted by Gasteiger charge is 2.20. The van der Waals surface area contributed by atoms with Gasteiger partial charge < -0.3 is 9.88 Å². The summed E-state index contributed by atoms with van der Waals surface area (Å²) in [7, 11) is 0. The van der Waals surface area contributed by atoms with Crippen molar-refractivity contribution in [1.82, 2.24) is 24.1 Å². The number of nitrogens with one attached hydrogen (secondary N) is 1. The Kier molecular flexibility index (Phi) is 6.41. The molecule has 0 atom stereocenters. The molecular formula is C19H28N6OS. The molecule has 3 rings (SSSR count). The van der Waals surface area contributed by atoms with Crippen LogP contribution in [0, 0.1) is 18.6 Å². The van der Waals surface area contributed by atoms with Gasteiger partial charge in [0.25, 0.3) is 0 Å². The molecule has 0 saturated carbocycles. The third kappa shape index (κ3) is 4.82. The third-order valence-electron chi connectivity index (χ3n) is 5.18. The molecule has 146 valence electrons. The molecule has 0 aliphatic carbocycles. The van der Waals surface area contributed by atoms with E-state index in [1.165, 1.54) is 5.56 Å². The fraction of sp³-hybridized carbons (Fsp3) is 0.526. The van der Waals surface area contributed by atoms with Crippen LogP contribution in [0.2, 0.25) is 0 Å². The summed E-state index contributed by atoms with van der Waals surface area (Å²) in [6.07, 6.45) is 1.79. The predicted molar refractivity (Wildman–Crippen MR) is 109 cm³/mol. The number of hydrogen-bond donors (Lipinski definition) is 1. The van der Waals surface area contributed by atoms with Gasteiger partial charge in [0.05, 0.1) is 13.2 Å². The number of anilines is 1. The zero-order chi connectivity index (χ0) is 19.4. The van der Waals surface area contributed by atoms with E-state index >= 15 is 0 Å². The molecule has 0 bridgehead atoms. The van der Waals surface area contributed by atoms with Gasteiger partial charge in [-0.3, -0.25) is 14.6 Å². The number of rotatable bonds is 6. The summed E-state index contributed by atoms with van der Waals surface area (Å²) in [5, 5.41) is 7.41. The van der Waals surface area contributed by atoms with Crippen molar-refractivity contribution in [2.24, 2.45) is 0 Å². The van der Waals surface area contributed by atoms with Crippen molar-refractivity contribution in [3.05, 3.63) is 40.4 Å². The number of piperazine rings is 1. The molecule has 8 heteroatoms. The van der Waals surface area contributed by atoms with Gasteiger partial charge in [-0.15, -0.1) is 0 Å². The summed E-state index contributed by atoms with van der Waals surface area (Å²) < 4.78 is 4.58. The highest BCUT2D eigenvalue weighted by molar-refractivity contribution is 7.71. The number of hydrogen-bond acceptors (Lipinski definition) is 5. The summed E-state index contributed by atoms with van der Waals surface area (Å²) in [6.45, 7) is 11.6. The van der Waals surface area contributed by atoms with Crippen LogP contribution in [0.3, 0.4) is 0 Å². The first kappa shape index (κ1) is 19.7. The van der Waals surface area contributed by atoms with Crippen LogP contribution in [-0.2, 0) is 18.0 Å². The SMILES string of the molecule is CCn1cnn(CN2CCN(CC(=O)Nc3cccc(C)c3C)CC2)c1=S. The Hall–Kier alpha value is -2.03. The maximum absolute atomic E-state index is 12.4. The number of carbonyl (C=O) groups excluding carboxylic acids is 1. The molecule has 2 aromatic rings. The normalized spacial score (nSPS) is 15.8. The number of aromatic nitrogens is 3. The molecule has 0 unspecified atom stereocenters. The summed E-state index contributed by atoms with van der Waals surface area (Å²) in [5.41, 5.74) is 3.21. The highest BCUT2D eigenvalue weighted by atomic mass is 32.1. The molecule has 7 nitrogen and oxygen atoms in total. The standard InChI is InChI=1S/C19H28N6OS/c1-4-24-13-20-25(19(24)27)14-23-10-8-22(9-11-23)12-18(26)21-17-7-5-6-15(2)16(17)3/h5-7,13H,4,8-12,14H2,1-3H3,(H,21,26). The Morgan fingerprint density at radius 3 is 2.56 bits per heavy atom. The van der Waals surface area contributed by atoms with Crippen LogP contribution in [0.4, 0.5) is 5.69 Å². The third-order valence-corrected chi connectivity index (χ3v) is 5.63. The van der Waals surface area contributed by atoms with Crippen LogP contribution in [0.25, 0.3) is 0 Å². The van der Waals surface area contributed by atoms with E-state index in [9.17, 15) is 4.79 Å². The summed E-state index contributed by atoms with van der Waals surface area (Å²) >= 11 is 5.43.